The van der Waals surface area contributed by atoms with Crippen LogP contribution in [0.2, 0.25) is 0 Å². The van der Waals surface area contributed by atoms with Crippen LogP contribution in [-0.4, -0.2) is 27.1 Å². The van der Waals surface area contributed by atoms with Crippen molar-refractivity contribution in [3.05, 3.63) is 29.3 Å². The van der Waals surface area contributed by atoms with Gasteiger partial charge in [-0.3, -0.25) is 0 Å². The lowest BCUT2D eigenvalue weighted by Gasteiger charge is -2.56. The summed E-state index contributed by atoms with van der Waals surface area (Å²) in [5, 5.41) is 0. The van der Waals surface area contributed by atoms with Crippen LogP contribution in [0.25, 0.3) is 0 Å². The number of methoxy groups -OCH3 is 2. The standard InChI is InChI=1S/C20H28O3/c1-20-10-8-16-15-7-5-14(21-2)12-13(15)4-6-17(16)18(20)9-11-23-19(20)22-3/h5,7,12,16-19H,4,6,8-11H2,1-3H3/t16-,17-,18+,19-,20+/m1/s1. The van der Waals surface area contributed by atoms with Gasteiger partial charge < -0.3 is 14.2 Å². The van der Waals surface area contributed by atoms with Crippen LogP contribution in [0.5, 0.6) is 5.75 Å². The molecule has 1 aromatic carbocycles. The maximum atomic E-state index is 5.94. The van der Waals surface area contributed by atoms with E-state index < -0.39 is 0 Å². The van der Waals surface area contributed by atoms with Crippen LogP contribution in [0.1, 0.15) is 49.7 Å². The summed E-state index contributed by atoms with van der Waals surface area (Å²) in [6, 6.07) is 6.71. The first-order valence-corrected chi connectivity index (χ1v) is 8.98. The number of benzene rings is 1. The van der Waals surface area contributed by atoms with Gasteiger partial charge in [-0.2, -0.15) is 0 Å². The summed E-state index contributed by atoms with van der Waals surface area (Å²) in [7, 11) is 3.55. The molecule has 3 nitrogen and oxygen atoms in total. The number of ether oxygens (including phenoxy) is 3. The molecule has 126 valence electrons. The van der Waals surface area contributed by atoms with Gasteiger partial charge in [0.2, 0.25) is 0 Å². The Hall–Kier alpha value is -1.06. The molecule has 1 saturated heterocycles. The van der Waals surface area contributed by atoms with Crippen LogP contribution >= 0.6 is 0 Å². The molecule has 0 aromatic heterocycles. The van der Waals surface area contributed by atoms with Crippen molar-refractivity contribution in [2.75, 3.05) is 20.8 Å². The van der Waals surface area contributed by atoms with E-state index >= 15 is 0 Å². The Balaban J connectivity index is 1.66. The molecular weight excluding hydrogens is 288 g/mol. The zero-order chi connectivity index (χ0) is 16.0. The molecule has 1 saturated carbocycles. The molecule has 0 spiro atoms. The van der Waals surface area contributed by atoms with Crippen molar-refractivity contribution >= 4 is 0 Å². The zero-order valence-corrected chi connectivity index (χ0v) is 14.5. The summed E-state index contributed by atoms with van der Waals surface area (Å²) in [6.45, 7) is 3.24. The molecule has 1 aromatic rings. The lowest BCUT2D eigenvalue weighted by molar-refractivity contribution is -0.254. The summed E-state index contributed by atoms with van der Waals surface area (Å²) in [6.07, 6.45) is 6.08. The van der Waals surface area contributed by atoms with Gasteiger partial charge in [-0.05, 0) is 73.1 Å². The van der Waals surface area contributed by atoms with E-state index in [0.29, 0.717) is 5.92 Å². The third-order valence-corrected chi connectivity index (χ3v) is 6.82. The van der Waals surface area contributed by atoms with Crippen molar-refractivity contribution in [2.45, 2.75) is 51.2 Å². The van der Waals surface area contributed by atoms with Crippen molar-refractivity contribution in [3.63, 3.8) is 0 Å². The summed E-state index contributed by atoms with van der Waals surface area (Å²) in [5.74, 6) is 3.19. The van der Waals surface area contributed by atoms with E-state index in [1.54, 1.807) is 19.8 Å². The largest absolute Gasteiger partial charge is 0.497 e. The normalized spacial score (nSPS) is 39.1. The first-order valence-electron chi connectivity index (χ1n) is 8.98. The second kappa shape index (κ2) is 5.78. The molecule has 1 heterocycles. The number of hydrogen-bond donors (Lipinski definition) is 0. The number of rotatable bonds is 2. The van der Waals surface area contributed by atoms with E-state index in [-0.39, 0.29) is 11.7 Å². The fourth-order valence-electron chi connectivity index (χ4n) is 5.70. The molecule has 5 atom stereocenters. The lowest BCUT2D eigenvalue weighted by Crippen LogP contribution is -2.53. The molecular formula is C20H28O3. The van der Waals surface area contributed by atoms with Gasteiger partial charge in [0.05, 0.1) is 13.7 Å². The minimum atomic E-state index is -0.0283. The summed E-state index contributed by atoms with van der Waals surface area (Å²) in [4.78, 5) is 0. The van der Waals surface area contributed by atoms with Gasteiger partial charge in [0, 0.05) is 12.5 Å². The number of fused-ring (bicyclic) bond motifs is 5. The SMILES string of the molecule is COc1ccc2c(c1)CC[C@@H]1[C@@H]2CC[C@]2(C)[C@H](OC)OCC[C@@H]12. The molecule has 3 heteroatoms. The van der Waals surface area contributed by atoms with Gasteiger partial charge in [-0.1, -0.05) is 13.0 Å². The molecule has 1 aliphatic heterocycles. The van der Waals surface area contributed by atoms with Crippen molar-refractivity contribution in [3.8, 4) is 5.75 Å². The van der Waals surface area contributed by atoms with Crippen molar-refractivity contribution in [1.82, 2.24) is 0 Å². The average molecular weight is 316 g/mol. The highest BCUT2D eigenvalue weighted by molar-refractivity contribution is 5.40. The Morgan fingerprint density at radius 2 is 2.04 bits per heavy atom. The summed E-state index contributed by atoms with van der Waals surface area (Å²) < 4.78 is 17.1. The Morgan fingerprint density at radius 1 is 1.17 bits per heavy atom. The molecule has 4 rings (SSSR count). The minimum Gasteiger partial charge on any atom is -0.497 e. The first kappa shape index (κ1) is 15.5. The van der Waals surface area contributed by atoms with Gasteiger partial charge >= 0.3 is 0 Å². The van der Waals surface area contributed by atoms with Crippen molar-refractivity contribution in [2.24, 2.45) is 17.3 Å². The topological polar surface area (TPSA) is 27.7 Å². The third-order valence-electron chi connectivity index (χ3n) is 6.82. The van der Waals surface area contributed by atoms with Gasteiger partial charge in [0.1, 0.15) is 5.75 Å². The quantitative estimate of drug-likeness (QED) is 0.820. The molecule has 23 heavy (non-hydrogen) atoms. The fourth-order valence-corrected chi connectivity index (χ4v) is 5.70. The summed E-state index contributed by atoms with van der Waals surface area (Å²) >= 11 is 0. The molecule has 0 unspecified atom stereocenters. The van der Waals surface area contributed by atoms with Crippen molar-refractivity contribution in [1.29, 1.82) is 0 Å². The Bertz CT molecular complexity index is 584. The van der Waals surface area contributed by atoms with E-state index in [2.05, 4.69) is 25.1 Å². The third kappa shape index (κ3) is 2.32. The van der Waals surface area contributed by atoms with E-state index in [1.807, 2.05) is 0 Å². The van der Waals surface area contributed by atoms with E-state index in [9.17, 15) is 0 Å². The van der Waals surface area contributed by atoms with Crippen LogP contribution in [0.3, 0.4) is 0 Å². The maximum Gasteiger partial charge on any atom is 0.162 e. The monoisotopic (exact) mass is 316 g/mol. The maximum absolute atomic E-state index is 5.94. The molecule has 2 aliphatic carbocycles. The van der Waals surface area contributed by atoms with E-state index in [1.165, 1.54) is 37.7 Å². The van der Waals surface area contributed by atoms with Gasteiger partial charge in [0.15, 0.2) is 6.29 Å². The van der Waals surface area contributed by atoms with Crippen LogP contribution < -0.4 is 4.74 Å². The number of aryl methyl sites for hydroxylation is 1. The second-order valence-corrected chi connectivity index (χ2v) is 7.75. The molecule has 3 aliphatic rings. The zero-order valence-electron chi connectivity index (χ0n) is 14.5. The Labute approximate surface area is 139 Å². The minimum absolute atomic E-state index is 0.0283. The van der Waals surface area contributed by atoms with Gasteiger partial charge in [-0.15, -0.1) is 0 Å². The lowest BCUT2D eigenvalue weighted by atomic mass is 9.53. The highest BCUT2D eigenvalue weighted by Crippen LogP contribution is 2.58. The van der Waals surface area contributed by atoms with Crippen LogP contribution in [0.4, 0.5) is 0 Å². The van der Waals surface area contributed by atoms with Gasteiger partial charge in [0.25, 0.3) is 0 Å². The molecule has 0 bridgehead atoms. The van der Waals surface area contributed by atoms with Crippen LogP contribution in [-0.2, 0) is 15.9 Å². The highest BCUT2D eigenvalue weighted by Gasteiger charge is 2.54. The van der Waals surface area contributed by atoms with Crippen LogP contribution in [0.15, 0.2) is 18.2 Å². The smallest absolute Gasteiger partial charge is 0.162 e. The molecule has 0 radical (unpaired) electrons. The van der Waals surface area contributed by atoms with Crippen LogP contribution in [0, 0.1) is 17.3 Å². The van der Waals surface area contributed by atoms with Gasteiger partial charge in [-0.25, -0.2) is 0 Å². The number of hydrogen-bond acceptors (Lipinski definition) is 3. The predicted molar refractivity (Wildman–Crippen MR) is 89.7 cm³/mol. The Kier molecular flexibility index (Phi) is 3.89. The first-order chi connectivity index (χ1) is 11.2. The molecule has 0 N–H and O–H groups in total. The molecule has 2 fully saturated rings. The fraction of sp³-hybridized carbons (Fsp3) is 0.700. The Morgan fingerprint density at radius 3 is 2.83 bits per heavy atom. The summed E-state index contributed by atoms with van der Waals surface area (Å²) in [5.41, 5.74) is 3.26. The van der Waals surface area contributed by atoms with E-state index in [0.717, 1.165) is 24.2 Å². The molecule has 0 amide bonds. The second-order valence-electron chi connectivity index (χ2n) is 7.75. The highest BCUT2D eigenvalue weighted by atomic mass is 16.7. The van der Waals surface area contributed by atoms with E-state index in [4.69, 9.17) is 14.2 Å². The predicted octanol–water partition coefficient (Wildman–Crippen LogP) is 4.15. The average Bonchev–Trinajstić information content (AvgIpc) is 2.59. The van der Waals surface area contributed by atoms with Crippen molar-refractivity contribution < 1.29 is 14.2 Å².